The number of hydrogen-bond acceptors (Lipinski definition) is 5. The molecule has 1 fully saturated rings. The van der Waals surface area contributed by atoms with E-state index in [1.165, 1.54) is 18.4 Å². The fraction of sp³-hybridized carbons (Fsp3) is 0.818. The lowest BCUT2D eigenvalue weighted by Crippen LogP contribution is -2.48. The molecule has 0 aliphatic carbocycles. The zero-order chi connectivity index (χ0) is 13.4. The average Bonchev–Trinajstić information content (AvgIpc) is 2.33. The van der Waals surface area contributed by atoms with Gasteiger partial charge in [0.15, 0.2) is 0 Å². The van der Waals surface area contributed by atoms with Gasteiger partial charge in [0, 0.05) is 51.2 Å². The van der Waals surface area contributed by atoms with Gasteiger partial charge in [0.2, 0.25) is 5.91 Å². The van der Waals surface area contributed by atoms with Gasteiger partial charge in [-0.2, -0.15) is 11.8 Å². The highest BCUT2D eigenvalue weighted by molar-refractivity contribution is 7.99. The predicted octanol–water partition coefficient (Wildman–Crippen LogP) is -0.786. The number of carbonyl (C=O) groups excluding carboxylic acids is 1. The van der Waals surface area contributed by atoms with E-state index in [0.29, 0.717) is 0 Å². The van der Waals surface area contributed by atoms with Crippen LogP contribution >= 0.6 is 11.8 Å². The molecular formula is C11H21N3O3S. The van der Waals surface area contributed by atoms with Crippen molar-refractivity contribution in [1.82, 2.24) is 15.5 Å². The molecule has 1 heterocycles. The Kier molecular flexibility index (Phi) is 7.07. The van der Waals surface area contributed by atoms with E-state index >= 15 is 0 Å². The van der Waals surface area contributed by atoms with Crippen LogP contribution in [-0.2, 0) is 9.59 Å². The first-order valence-electron chi connectivity index (χ1n) is 6.10. The third-order valence-electron chi connectivity index (χ3n) is 2.73. The summed E-state index contributed by atoms with van der Waals surface area (Å²) >= 11 is 1.97. The van der Waals surface area contributed by atoms with E-state index < -0.39 is 12.0 Å². The Labute approximate surface area is 111 Å². The van der Waals surface area contributed by atoms with Crippen LogP contribution in [0, 0.1) is 0 Å². The summed E-state index contributed by atoms with van der Waals surface area (Å²) in [4.78, 5) is 24.0. The first-order chi connectivity index (χ1) is 8.59. The van der Waals surface area contributed by atoms with E-state index in [0.717, 1.165) is 26.2 Å². The molecule has 18 heavy (non-hydrogen) atoms. The van der Waals surface area contributed by atoms with Crippen LogP contribution in [0.4, 0.5) is 0 Å². The molecule has 1 unspecified atom stereocenters. The van der Waals surface area contributed by atoms with Gasteiger partial charge in [0.1, 0.15) is 6.04 Å². The number of carboxylic acids is 1. The second-order valence-electron chi connectivity index (χ2n) is 4.25. The molecule has 6 nitrogen and oxygen atoms in total. The van der Waals surface area contributed by atoms with Gasteiger partial charge in [0.05, 0.1) is 0 Å². The number of carboxylic acid groups (broad SMARTS) is 1. The number of hydrogen-bond donors (Lipinski definition) is 3. The molecule has 3 N–H and O–H groups in total. The topological polar surface area (TPSA) is 81.7 Å². The lowest BCUT2D eigenvalue weighted by Gasteiger charge is -2.26. The molecule has 0 radical (unpaired) electrons. The standard InChI is InChI=1S/C11H21N3O3S/c1-9(15)13-10(11(16)17)8-12-2-3-14-4-6-18-7-5-14/h10,12H,2-8H2,1H3,(H,13,15)(H,16,17). The Balaban J connectivity index is 2.13. The summed E-state index contributed by atoms with van der Waals surface area (Å²) in [7, 11) is 0. The predicted molar refractivity (Wildman–Crippen MR) is 71.9 cm³/mol. The van der Waals surface area contributed by atoms with Crippen molar-refractivity contribution in [3.05, 3.63) is 0 Å². The molecule has 1 aliphatic rings. The third-order valence-corrected chi connectivity index (χ3v) is 3.68. The van der Waals surface area contributed by atoms with Crippen molar-refractivity contribution >= 4 is 23.6 Å². The van der Waals surface area contributed by atoms with Crippen LogP contribution in [-0.4, -0.2) is 72.2 Å². The van der Waals surface area contributed by atoms with Crippen LogP contribution in [0.1, 0.15) is 6.92 Å². The summed E-state index contributed by atoms with van der Waals surface area (Å²) in [6.45, 7) is 5.45. The van der Waals surface area contributed by atoms with Gasteiger partial charge >= 0.3 is 5.97 Å². The summed E-state index contributed by atoms with van der Waals surface area (Å²) in [5.74, 6) is 1.01. The fourth-order valence-corrected chi connectivity index (χ4v) is 2.73. The maximum atomic E-state index is 10.9. The van der Waals surface area contributed by atoms with E-state index in [1.54, 1.807) is 0 Å². The highest BCUT2D eigenvalue weighted by Gasteiger charge is 2.17. The van der Waals surface area contributed by atoms with Crippen LogP contribution in [0.15, 0.2) is 0 Å². The number of nitrogens with zero attached hydrogens (tertiary/aromatic N) is 1. The number of nitrogens with one attached hydrogen (secondary N) is 2. The third kappa shape index (κ3) is 6.23. The minimum atomic E-state index is -1.01. The molecule has 1 atom stereocenters. The van der Waals surface area contributed by atoms with Crippen LogP contribution in [0.3, 0.4) is 0 Å². The molecule has 0 saturated carbocycles. The molecule has 0 bridgehead atoms. The Morgan fingerprint density at radius 1 is 1.39 bits per heavy atom. The minimum Gasteiger partial charge on any atom is -0.480 e. The lowest BCUT2D eigenvalue weighted by atomic mass is 10.3. The van der Waals surface area contributed by atoms with Crippen molar-refractivity contribution in [3.63, 3.8) is 0 Å². The molecule has 1 rings (SSSR count). The molecule has 0 aromatic heterocycles. The van der Waals surface area contributed by atoms with E-state index in [2.05, 4.69) is 15.5 Å². The number of rotatable bonds is 7. The van der Waals surface area contributed by atoms with Crippen molar-refractivity contribution in [3.8, 4) is 0 Å². The second kappa shape index (κ2) is 8.34. The number of carbonyl (C=O) groups is 2. The van der Waals surface area contributed by atoms with Crippen molar-refractivity contribution in [2.75, 3.05) is 44.2 Å². The monoisotopic (exact) mass is 275 g/mol. The second-order valence-corrected chi connectivity index (χ2v) is 5.47. The summed E-state index contributed by atoms with van der Waals surface area (Å²) in [5, 5.41) is 14.4. The van der Waals surface area contributed by atoms with Gasteiger partial charge in [-0.15, -0.1) is 0 Å². The fourth-order valence-electron chi connectivity index (χ4n) is 1.75. The van der Waals surface area contributed by atoms with Crippen LogP contribution in [0.25, 0.3) is 0 Å². The summed E-state index contributed by atoms with van der Waals surface area (Å²) in [6, 6.07) is -0.848. The van der Waals surface area contributed by atoms with Gasteiger partial charge in [0.25, 0.3) is 0 Å². The van der Waals surface area contributed by atoms with Crippen LogP contribution in [0.2, 0.25) is 0 Å². The summed E-state index contributed by atoms with van der Waals surface area (Å²) in [6.07, 6.45) is 0. The molecule has 1 aliphatic heterocycles. The number of amides is 1. The van der Waals surface area contributed by atoms with Crippen molar-refractivity contribution in [1.29, 1.82) is 0 Å². The summed E-state index contributed by atoms with van der Waals surface area (Å²) < 4.78 is 0. The first-order valence-corrected chi connectivity index (χ1v) is 7.26. The number of thioether (sulfide) groups is 1. The molecule has 0 aromatic rings. The average molecular weight is 275 g/mol. The largest absolute Gasteiger partial charge is 0.480 e. The smallest absolute Gasteiger partial charge is 0.327 e. The van der Waals surface area contributed by atoms with Crippen LogP contribution < -0.4 is 10.6 Å². The van der Waals surface area contributed by atoms with E-state index in [1.807, 2.05) is 11.8 Å². The molecule has 104 valence electrons. The van der Waals surface area contributed by atoms with E-state index in [-0.39, 0.29) is 12.5 Å². The highest BCUT2D eigenvalue weighted by Crippen LogP contribution is 2.07. The SMILES string of the molecule is CC(=O)NC(CNCCN1CCSCC1)C(=O)O. The Hall–Kier alpha value is -0.790. The van der Waals surface area contributed by atoms with Gasteiger partial charge in [-0.25, -0.2) is 4.79 Å². The van der Waals surface area contributed by atoms with Gasteiger partial charge in [-0.1, -0.05) is 0 Å². The maximum absolute atomic E-state index is 10.9. The van der Waals surface area contributed by atoms with Crippen LogP contribution in [0.5, 0.6) is 0 Å². The molecule has 7 heteroatoms. The highest BCUT2D eigenvalue weighted by atomic mass is 32.2. The van der Waals surface area contributed by atoms with Gasteiger partial charge in [-0.05, 0) is 0 Å². The number of aliphatic carboxylic acids is 1. The van der Waals surface area contributed by atoms with E-state index in [4.69, 9.17) is 5.11 Å². The lowest BCUT2D eigenvalue weighted by molar-refractivity contribution is -0.141. The molecular weight excluding hydrogens is 254 g/mol. The first kappa shape index (κ1) is 15.3. The molecule has 0 spiro atoms. The Morgan fingerprint density at radius 2 is 2.06 bits per heavy atom. The van der Waals surface area contributed by atoms with Crippen molar-refractivity contribution in [2.45, 2.75) is 13.0 Å². The molecule has 1 saturated heterocycles. The van der Waals surface area contributed by atoms with Crippen molar-refractivity contribution < 1.29 is 14.7 Å². The van der Waals surface area contributed by atoms with Gasteiger partial charge in [-0.3, -0.25) is 4.79 Å². The zero-order valence-corrected chi connectivity index (χ0v) is 11.5. The van der Waals surface area contributed by atoms with E-state index in [9.17, 15) is 9.59 Å². The Bertz CT molecular complexity index is 283. The molecule has 1 amide bonds. The van der Waals surface area contributed by atoms with Gasteiger partial charge < -0.3 is 20.6 Å². The van der Waals surface area contributed by atoms with Crippen molar-refractivity contribution in [2.24, 2.45) is 0 Å². The molecule has 0 aromatic carbocycles. The maximum Gasteiger partial charge on any atom is 0.327 e. The quantitative estimate of drug-likeness (QED) is 0.529. The minimum absolute atomic E-state index is 0.261. The Morgan fingerprint density at radius 3 is 2.61 bits per heavy atom. The zero-order valence-electron chi connectivity index (χ0n) is 10.6. The normalized spacial score (nSPS) is 18.3. The summed E-state index contributed by atoms with van der Waals surface area (Å²) in [5.41, 5.74) is 0.